The summed E-state index contributed by atoms with van der Waals surface area (Å²) in [6.45, 7) is 6.37. The number of thiazole rings is 1. The van der Waals surface area contributed by atoms with Crippen LogP contribution in [-0.2, 0) is 6.42 Å². The van der Waals surface area contributed by atoms with Gasteiger partial charge >= 0.3 is 0 Å². The SMILES string of the molecule is CC(C)Cc1sc(C(C)N)nc1Br. The van der Waals surface area contributed by atoms with Crippen molar-refractivity contribution in [3.8, 4) is 0 Å². The molecule has 13 heavy (non-hydrogen) atoms. The lowest BCUT2D eigenvalue weighted by Gasteiger charge is -2.00. The second-order valence-electron chi connectivity index (χ2n) is 3.65. The normalized spacial score (nSPS) is 13.7. The van der Waals surface area contributed by atoms with Crippen molar-refractivity contribution in [2.24, 2.45) is 11.7 Å². The van der Waals surface area contributed by atoms with Crippen LogP contribution in [0.1, 0.15) is 36.7 Å². The van der Waals surface area contributed by atoms with Gasteiger partial charge in [-0.3, -0.25) is 0 Å². The number of hydrogen-bond acceptors (Lipinski definition) is 3. The molecule has 74 valence electrons. The molecule has 0 aliphatic carbocycles. The van der Waals surface area contributed by atoms with Gasteiger partial charge in [0.05, 0.1) is 6.04 Å². The predicted molar refractivity (Wildman–Crippen MR) is 61.0 cm³/mol. The molecule has 0 radical (unpaired) electrons. The van der Waals surface area contributed by atoms with E-state index in [0.29, 0.717) is 5.92 Å². The minimum atomic E-state index is 0.0437. The van der Waals surface area contributed by atoms with E-state index >= 15 is 0 Å². The van der Waals surface area contributed by atoms with Gasteiger partial charge in [-0.15, -0.1) is 11.3 Å². The Morgan fingerprint density at radius 2 is 2.08 bits per heavy atom. The third-order valence-electron chi connectivity index (χ3n) is 1.65. The van der Waals surface area contributed by atoms with E-state index in [9.17, 15) is 0 Å². The van der Waals surface area contributed by atoms with Crippen LogP contribution in [0.25, 0.3) is 0 Å². The first-order valence-corrected chi connectivity index (χ1v) is 6.02. The summed E-state index contributed by atoms with van der Waals surface area (Å²) in [5.74, 6) is 0.665. The Balaban J connectivity index is 2.83. The molecule has 0 saturated heterocycles. The van der Waals surface area contributed by atoms with Crippen LogP contribution in [0.4, 0.5) is 0 Å². The zero-order valence-electron chi connectivity index (χ0n) is 8.17. The lowest BCUT2D eigenvalue weighted by molar-refractivity contribution is 0.651. The fourth-order valence-electron chi connectivity index (χ4n) is 1.04. The van der Waals surface area contributed by atoms with Crippen molar-refractivity contribution >= 4 is 27.3 Å². The van der Waals surface area contributed by atoms with Crippen molar-refractivity contribution in [2.75, 3.05) is 0 Å². The summed E-state index contributed by atoms with van der Waals surface area (Å²) < 4.78 is 0.971. The van der Waals surface area contributed by atoms with Gasteiger partial charge in [0.15, 0.2) is 0 Å². The summed E-state index contributed by atoms with van der Waals surface area (Å²) in [6, 6.07) is 0.0437. The Morgan fingerprint density at radius 3 is 2.46 bits per heavy atom. The van der Waals surface area contributed by atoms with Crippen molar-refractivity contribution in [1.29, 1.82) is 0 Å². The molecule has 0 aromatic carbocycles. The first-order valence-electron chi connectivity index (χ1n) is 4.41. The number of nitrogens with zero attached hydrogens (tertiary/aromatic N) is 1. The van der Waals surface area contributed by atoms with Crippen molar-refractivity contribution < 1.29 is 0 Å². The number of halogens is 1. The van der Waals surface area contributed by atoms with Gasteiger partial charge in [-0.2, -0.15) is 0 Å². The van der Waals surface area contributed by atoms with E-state index in [0.717, 1.165) is 16.0 Å². The van der Waals surface area contributed by atoms with E-state index in [1.165, 1.54) is 4.88 Å². The van der Waals surface area contributed by atoms with Crippen LogP contribution in [0.2, 0.25) is 0 Å². The van der Waals surface area contributed by atoms with Crippen molar-refractivity contribution in [2.45, 2.75) is 33.2 Å². The monoisotopic (exact) mass is 262 g/mol. The van der Waals surface area contributed by atoms with Crippen molar-refractivity contribution in [1.82, 2.24) is 4.98 Å². The first-order chi connectivity index (χ1) is 6.00. The topological polar surface area (TPSA) is 38.9 Å². The molecule has 1 aromatic rings. The molecule has 4 heteroatoms. The van der Waals surface area contributed by atoms with Crippen molar-refractivity contribution in [3.05, 3.63) is 14.5 Å². The lowest BCUT2D eigenvalue weighted by Crippen LogP contribution is -2.03. The van der Waals surface area contributed by atoms with Gasteiger partial charge in [0, 0.05) is 4.88 Å². The molecule has 1 aromatic heterocycles. The number of rotatable bonds is 3. The van der Waals surface area contributed by atoms with Gasteiger partial charge in [0.2, 0.25) is 0 Å². The van der Waals surface area contributed by atoms with E-state index in [4.69, 9.17) is 5.73 Å². The highest BCUT2D eigenvalue weighted by molar-refractivity contribution is 9.10. The largest absolute Gasteiger partial charge is 0.322 e. The first kappa shape index (κ1) is 11.1. The summed E-state index contributed by atoms with van der Waals surface area (Å²) in [6.07, 6.45) is 1.07. The van der Waals surface area contributed by atoms with Crippen molar-refractivity contribution in [3.63, 3.8) is 0 Å². The highest BCUT2D eigenvalue weighted by Gasteiger charge is 2.12. The second kappa shape index (κ2) is 4.53. The minimum absolute atomic E-state index is 0.0437. The minimum Gasteiger partial charge on any atom is -0.322 e. The lowest BCUT2D eigenvalue weighted by atomic mass is 10.1. The van der Waals surface area contributed by atoms with Crippen LogP contribution in [-0.4, -0.2) is 4.98 Å². The standard InChI is InChI=1S/C9H15BrN2S/c1-5(2)4-7-8(10)12-9(13-7)6(3)11/h5-6H,4,11H2,1-3H3. The maximum atomic E-state index is 5.75. The van der Waals surface area contributed by atoms with Crippen LogP contribution in [0, 0.1) is 5.92 Å². The third kappa shape index (κ3) is 3.04. The summed E-state index contributed by atoms with van der Waals surface area (Å²) in [4.78, 5) is 5.68. The molecule has 0 amide bonds. The van der Waals surface area contributed by atoms with Gasteiger partial charge in [0.1, 0.15) is 9.61 Å². The average Bonchev–Trinajstić information content (AvgIpc) is 2.31. The van der Waals surface area contributed by atoms with Gasteiger partial charge in [-0.1, -0.05) is 13.8 Å². The maximum Gasteiger partial charge on any atom is 0.120 e. The van der Waals surface area contributed by atoms with Gasteiger partial charge in [-0.25, -0.2) is 4.98 Å². The van der Waals surface area contributed by atoms with Gasteiger partial charge in [0.25, 0.3) is 0 Å². The highest BCUT2D eigenvalue weighted by Crippen LogP contribution is 2.28. The Bertz CT molecular complexity index is 281. The number of aromatic nitrogens is 1. The van der Waals surface area contributed by atoms with E-state index in [1.807, 2.05) is 6.92 Å². The molecule has 0 fully saturated rings. The quantitative estimate of drug-likeness (QED) is 0.909. The van der Waals surface area contributed by atoms with E-state index < -0.39 is 0 Å². The molecule has 1 unspecified atom stereocenters. The zero-order valence-corrected chi connectivity index (χ0v) is 10.6. The number of hydrogen-bond donors (Lipinski definition) is 1. The molecule has 0 spiro atoms. The van der Waals surface area contributed by atoms with E-state index in [2.05, 4.69) is 34.8 Å². The molecular formula is C9H15BrN2S. The third-order valence-corrected chi connectivity index (χ3v) is 3.85. The Kier molecular flexibility index (Phi) is 3.88. The Hall–Kier alpha value is 0.0700. The highest BCUT2D eigenvalue weighted by atomic mass is 79.9. The fourth-order valence-corrected chi connectivity index (χ4v) is 2.88. The second-order valence-corrected chi connectivity index (χ2v) is 5.52. The molecule has 0 bridgehead atoms. The van der Waals surface area contributed by atoms with Crippen LogP contribution >= 0.6 is 27.3 Å². The molecule has 1 atom stereocenters. The maximum absolute atomic E-state index is 5.75. The smallest absolute Gasteiger partial charge is 0.120 e. The summed E-state index contributed by atoms with van der Waals surface area (Å²) >= 11 is 5.17. The zero-order chi connectivity index (χ0) is 10.0. The molecule has 0 saturated carbocycles. The average molecular weight is 263 g/mol. The van der Waals surface area contributed by atoms with Gasteiger partial charge in [-0.05, 0) is 35.2 Å². The van der Waals surface area contributed by atoms with Crippen LogP contribution < -0.4 is 5.73 Å². The van der Waals surface area contributed by atoms with Crippen LogP contribution in [0.3, 0.4) is 0 Å². The van der Waals surface area contributed by atoms with E-state index in [-0.39, 0.29) is 6.04 Å². The molecule has 1 heterocycles. The van der Waals surface area contributed by atoms with Gasteiger partial charge < -0.3 is 5.73 Å². The molecule has 1 rings (SSSR count). The molecule has 2 N–H and O–H groups in total. The molecule has 2 nitrogen and oxygen atoms in total. The molecule has 0 aliphatic heterocycles. The number of nitrogens with two attached hydrogens (primary N) is 1. The fraction of sp³-hybridized carbons (Fsp3) is 0.667. The molecule has 0 aliphatic rings. The Labute approximate surface area is 91.7 Å². The van der Waals surface area contributed by atoms with Crippen LogP contribution in [0.15, 0.2) is 4.60 Å². The summed E-state index contributed by atoms with van der Waals surface area (Å²) in [5, 5.41) is 1.02. The Morgan fingerprint density at radius 1 is 1.46 bits per heavy atom. The molecular weight excluding hydrogens is 248 g/mol. The van der Waals surface area contributed by atoms with E-state index in [1.54, 1.807) is 11.3 Å². The summed E-state index contributed by atoms with van der Waals surface area (Å²) in [7, 11) is 0. The predicted octanol–water partition coefficient (Wildman–Crippen LogP) is 3.12. The van der Waals surface area contributed by atoms with Crippen LogP contribution in [0.5, 0.6) is 0 Å². The summed E-state index contributed by atoms with van der Waals surface area (Å²) in [5.41, 5.74) is 5.75.